The minimum Gasteiger partial charge on any atom is -0.300 e. The number of carbonyl (C=O) groups is 3. The summed E-state index contributed by atoms with van der Waals surface area (Å²) in [5, 5.41) is 0. The van der Waals surface area contributed by atoms with Crippen LogP contribution in [0.4, 0.5) is 0 Å². The highest BCUT2D eigenvalue weighted by molar-refractivity contribution is 5.96. The third-order valence-electron chi connectivity index (χ3n) is 8.04. The van der Waals surface area contributed by atoms with Gasteiger partial charge in [-0.2, -0.15) is 0 Å². The van der Waals surface area contributed by atoms with Crippen LogP contribution in [0.3, 0.4) is 0 Å². The van der Waals surface area contributed by atoms with E-state index in [1.807, 2.05) is 0 Å². The fourth-order valence-corrected chi connectivity index (χ4v) is 6.03. The van der Waals surface area contributed by atoms with E-state index in [-0.39, 0.29) is 7.43 Å². The Labute approximate surface area is 209 Å². The van der Waals surface area contributed by atoms with E-state index in [2.05, 4.69) is 6.08 Å². The van der Waals surface area contributed by atoms with Crippen LogP contribution in [0.5, 0.6) is 0 Å². The highest BCUT2D eigenvalue weighted by Crippen LogP contribution is 2.33. The average molecular weight is 471 g/mol. The third kappa shape index (κ3) is 9.62. The summed E-state index contributed by atoms with van der Waals surface area (Å²) in [4.78, 5) is 33.8. The van der Waals surface area contributed by atoms with Crippen molar-refractivity contribution < 1.29 is 14.4 Å². The fourth-order valence-electron chi connectivity index (χ4n) is 6.03. The van der Waals surface area contributed by atoms with Crippen molar-refractivity contribution in [3.05, 3.63) is 22.8 Å². The van der Waals surface area contributed by atoms with Gasteiger partial charge in [-0.15, -0.1) is 0 Å². The van der Waals surface area contributed by atoms with Gasteiger partial charge in [0.1, 0.15) is 11.6 Å². The highest BCUT2D eigenvalue weighted by atomic mass is 16.1. The molecule has 0 aromatic heterocycles. The summed E-state index contributed by atoms with van der Waals surface area (Å²) in [5.74, 6) is 1.77. The number of rotatable bonds is 1. The van der Waals surface area contributed by atoms with Crippen LogP contribution in [0.1, 0.15) is 149 Å². The van der Waals surface area contributed by atoms with Gasteiger partial charge in [-0.05, 0) is 102 Å². The molecule has 0 aromatic carbocycles. The Morgan fingerprint density at radius 2 is 1.15 bits per heavy atom. The lowest BCUT2D eigenvalue weighted by Gasteiger charge is -2.25. The highest BCUT2D eigenvalue weighted by Gasteiger charge is 2.25. The van der Waals surface area contributed by atoms with E-state index in [9.17, 15) is 14.4 Å². The number of Topliss-reactive ketones (excluding diaryl/α,β-unsaturated/α-hetero) is 3. The molecule has 34 heavy (non-hydrogen) atoms. The minimum absolute atomic E-state index is 0. The lowest BCUT2D eigenvalue weighted by molar-refractivity contribution is -0.123. The van der Waals surface area contributed by atoms with Gasteiger partial charge >= 0.3 is 0 Å². The van der Waals surface area contributed by atoms with Crippen LogP contribution < -0.4 is 0 Å². The maximum absolute atomic E-state index is 11.7. The van der Waals surface area contributed by atoms with Crippen molar-refractivity contribution in [2.75, 3.05) is 0 Å². The molecule has 3 nitrogen and oxygen atoms in total. The Balaban J connectivity index is 0.000000186. The van der Waals surface area contributed by atoms with Gasteiger partial charge in [0.05, 0.1) is 0 Å². The van der Waals surface area contributed by atoms with Gasteiger partial charge in [0.25, 0.3) is 0 Å². The zero-order chi connectivity index (χ0) is 23.3. The van der Waals surface area contributed by atoms with E-state index in [1.54, 1.807) is 0 Å². The summed E-state index contributed by atoms with van der Waals surface area (Å²) in [6, 6.07) is 0. The van der Waals surface area contributed by atoms with Crippen LogP contribution in [-0.2, 0) is 14.4 Å². The first-order chi connectivity index (χ1) is 16.1. The van der Waals surface area contributed by atoms with E-state index in [4.69, 9.17) is 0 Å². The van der Waals surface area contributed by atoms with Crippen LogP contribution in [0, 0.1) is 5.92 Å². The van der Waals surface area contributed by atoms with Gasteiger partial charge in [-0.3, -0.25) is 14.4 Å². The summed E-state index contributed by atoms with van der Waals surface area (Å²) in [6.45, 7) is 0. The van der Waals surface area contributed by atoms with Gasteiger partial charge in [0, 0.05) is 31.6 Å². The molecule has 5 aliphatic rings. The van der Waals surface area contributed by atoms with E-state index < -0.39 is 0 Å². The molecule has 5 aliphatic carbocycles. The Kier molecular flexibility index (Phi) is 13.7. The molecule has 4 saturated carbocycles. The first-order valence-electron chi connectivity index (χ1n) is 14.1. The molecule has 0 saturated heterocycles. The summed E-state index contributed by atoms with van der Waals surface area (Å²) in [6.07, 6.45) is 27.6. The molecule has 0 aliphatic heterocycles. The van der Waals surface area contributed by atoms with Crippen LogP contribution in [0.2, 0.25) is 0 Å². The topological polar surface area (TPSA) is 51.2 Å². The van der Waals surface area contributed by atoms with Crippen molar-refractivity contribution in [1.29, 1.82) is 0 Å². The Morgan fingerprint density at radius 3 is 1.71 bits per heavy atom. The number of hydrogen-bond acceptors (Lipinski definition) is 3. The van der Waals surface area contributed by atoms with Gasteiger partial charge in [-0.25, -0.2) is 0 Å². The lowest BCUT2D eigenvalue weighted by atomic mass is 9.79. The second-order valence-electron chi connectivity index (χ2n) is 10.7. The van der Waals surface area contributed by atoms with Crippen molar-refractivity contribution in [2.45, 2.75) is 149 Å². The molecule has 1 atom stereocenters. The molecule has 192 valence electrons. The zero-order valence-electron chi connectivity index (χ0n) is 20.9. The van der Waals surface area contributed by atoms with Crippen LogP contribution in [0.25, 0.3) is 0 Å². The minimum atomic E-state index is 0. The Morgan fingerprint density at radius 1 is 0.559 bits per heavy atom. The smallest absolute Gasteiger partial charge is 0.158 e. The second kappa shape index (κ2) is 16.2. The second-order valence-corrected chi connectivity index (χ2v) is 10.7. The van der Waals surface area contributed by atoms with Crippen LogP contribution >= 0.6 is 0 Å². The summed E-state index contributed by atoms with van der Waals surface area (Å²) < 4.78 is 0. The molecule has 0 amide bonds. The molecule has 0 N–H and O–H groups in total. The van der Waals surface area contributed by atoms with Crippen molar-refractivity contribution >= 4 is 17.3 Å². The normalized spacial score (nSPS) is 25.7. The van der Waals surface area contributed by atoms with Crippen LogP contribution in [0.15, 0.2) is 22.8 Å². The number of allylic oxidation sites excluding steroid dienone is 4. The molecule has 5 rings (SSSR count). The molecule has 0 bridgehead atoms. The van der Waals surface area contributed by atoms with E-state index in [0.29, 0.717) is 23.3 Å². The molecular weight excluding hydrogens is 420 g/mol. The zero-order valence-corrected chi connectivity index (χ0v) is 20.9. The van der Waals surface area contributed by atoms with Crippen molar-refractivity contribution in [3.63, 3.8) is 0 Å². The summed E-state index contributed by atoms with van der Waals surface area (Å²) >= 11 is 0. The molecule has 0 heterocycles. The Bertz CT molecular complexity index is 711. The van der Waals surface area contributed by atoms with Gasteiger partial charge in [0.15, 0.2) is 5.78 Å². The van der Waals surface area contributed by atoms with Crippen molar-refractivity contribution in [1.82, 2.24) is 0 Å². The van der Waals surface area contributed by atoms with E-state index in [1.165, 1.54) is 93.8 Å². The first kappa shape index (κ1) is 28.7. The predicted molar refractivity (Wildman–Crippen MR) is 142 cm³/mol. The average Bonchev–Trinajstić information content (AvgIpc) is 2.87. The van der Waals surface area contributed by atoms with Gasteiger partial charge < -0.3 is 0 Å². The van der Waals surface area contributed by atoms with Crippen LogP contribution in [-0.4, -0.2) is 17.3 Å². The number of ketones is 3. The quantitative estimate of drug-likeness (QED) is 0.284. The van der Waals surface area contributed by atoms with E-state index in [0.717, 1.165) is 64.2 Å². The standard InChI is InChI=1S/2C12H18O.C6H10O.CH4/c2*13-12-9-5-4-8-11(12)10-6-2-1-3-7-10;7-6-4-2-1-3-5-6;/h1-9H2;6,11H,1-5,7-9H2;1-5H2;1H4. The maximum atomic E-state index is 11.7. The molecule has 0 radical (unpaired) electrons. The summed E-state index contributed by atoms with van der Waals surface area (Å²) in [5.41, 5.74) is 4.21. The molecule has 4 fully saturated rings. The number of carbonyl (C=O) groups excluding carboxylic acids is 3. The van der Waals surface area contributed by atoms with E-state index >= 15 is 0 Å². The first-order valence-corrected chi connectivity index (χ1v) is 14.1. The molecule has 0 aromatic rings. The molecular formula is C31H50O3. The lowest BCUT2D eigenvalue weighted by Crippen LogP contribution is -2.21. The monoisotopic (exact) mass is 470 g/mol. The fraction of sp³-hybridized carbons (Fsp3) is 0.774. The van der Waals surface area contributed by atoms with Crippen molar-refractivity contribution in [2.24, 2.45) is 5.92 Å². The van der Waals surface area contributed by atoms with Gasteiger partial charge in [-0.1, -0.05) is 43.9 Å². The largest absolute Gasteiger partial charge is 0.300 e. The maximum Gasteiger partial charge on any atom is 0.158 e. The molecule has 1 unspecified atom stereocenters. The van der Waals surface area contributed by atoms with Crippen molar-refractivity contribution in [3.8, 4) is 0 Å². The number of hydrogen-bond donors (Lipinski definition) is 0. The predicted octanol–water partition coefficient (Wildman–Crippen LogP) is 8.79. The SMILES string of the molecule is C.O=C1CCCCC1.O=C1CCCCC1=C1CCCCC1.O=C1CCCCC1C1=CCCCC1. The van der Waals surface area contributed by atoms with Gasteiger partial charge in [0.2, 0.25) is 0 Å². The third-order valence-corrected chi connectivity index (χ3v) is 8.04. The molecule has 0 spiro atoms. The molecule has 3 heteroatoms. The summed E-state index contributed by atoms with van der Waals surface area (Å²) in [7, 11) is 0. The Hall–Kier alpha value is -1.51.